The van der Waals surface area contributed by atoms with Crippen molar-refractivity contribution in [1.29, 1.82) is 0 Å². The number of alkyl halides is 3. The Morgan fingerprint density at radius 1 is 1.10 bits per heavy atom. The highest BCUT2D eigenvalue weighted by atomic mass is 19.4. The van der Waals surface area contributed by atoms with Gasteiger partial charge in [0, 0.05) is 7.11 Å². The number of ether oxygens (including phenoxy) is 2. The van der Waals surface area contributed by atoms with Gasteiger partial charge in [-0.05, 0) is 30.5 Å². The Labute approximate surface area is 117 Å². The van der Waals surface area contributed by atoms with Crippen LogP contribution in [0.1, 0.15) is 32.8 Å². The lowest BCUT2D eigenvalue weighted by Gasteiger charge is -2.29. The maximum Gasteiger partial charge on any atom is 0.392 e. The van der Waals surface area contributed by atoms with Crippen molar-refractivity contribution in [2.24, 2.45) is 5.92 Å². The Morgan fingerprint density at radius 3 is 2.05 bits per heavy atom. The van der Waals surface area contributed by atoms with E-state index in [-0.39, 0.29) is 0 Å². The Bertz CT molecular complexity index is 412. The third-order valence-corrected chi connectivity index (χ3v) is 3.04. The fraction of sp³-hybridized carbons (Fsp3) is 0.600. The summed E-state index contributed by atoms with van der Waals surface area (Å²) in [5.74, 6) is 1.04. The summed E-state index contributed by atoms with van der Waals surface area (Å²) >= 11 is 0. The van der Waals surface area contributed by atoms with E-state index in [0.29, 0.717) is 23.8 Å². The third-order valence-electron chi connectivity index (χ3n) is 3.04. The van der Waals surface area contributed by atoms with Crippen molar-refractivity contribution in [3.05, 3.63) is 29.8 Å². The molecule has 0 aliphatic heterocycles. The molecule has 0 radical (unpaired) electrons. The predicted molar refractivity (Wildman–Crippen MR) is 71.8 cm³/mol. The van der Waals surface area contributed by atoms with Gasteiger partial charge in [0.1, 0.15) is 5.75 Å². The van der Waals surface area contributed by atoms with Crippen LogP contribution in [-0.4, -0.2) is 19.9 Å². The van der Waals surface area contributed by atoms with Gasteiger partial charge in [-0.1, -0.05) is 26.0 Å². The van der Waals surface area contributed by atoms with Gasteiger partial charge in [-0.3, -0.25) is 0 Å². The first-order chi connectivity index (χ1) is 9.16. The molecule has 0 saturated carbocycles. The van der Waals surface area contributed by atoms with Gasteiger partial charge in [0.15, 0.2) is 0 Å². The number of methoxy groups -OCH3 is 1. The van der Waals surface area contributed by atoms with E-state index in [1.807, 2.05) is 13.8 Å². The summed E-state index contributed by atoms with van der Waals surface area (Å²) in [6.07, 6.45) is -5.31. The molecule has 0 fully saturated rings. The van der Waals surface area contributed by atoms with Crippen LogP contribution in [0.4, 0.5) is 13.2 Å². The van der Waals surface area contributed by atoms with Crippen LogP contribution in [0, 0.1) is 5.92 Å². The molecule has 1 unspecified atom stereocenters. The van der Waals surface area contributed by atoms with Crippen LogP contribution in [0.3, 0.4) is 0 Å². The zero-order valence-electron chi connectivity index (χ0n) is 12.3. The number of halogens is 3. The van der Waals surface area contributed by atoms with E-state index in [9.17, 15) is 13.2 Å². The van der Waals surface area contributed by atoms with Gasteiger partial charge in [0.05, 0.1) is 18.6 Å². The third kappa shape index (κ3) is 5.04. The highest BCUT2D eigenvalue weighted by molar-refractivity contribution is 5.31. The standard InChI is InChI=1S/C15H21F3O2/c1-11(2)9-20-13-7-5-12(6-8-13)14(3,19-4)10-15(16,17)18/h5-8,11H,9-10H2,1-4H3. The zero-order valence-corrected chi connectivity index (χ0v) is 12.3. The van der Waals surface area contributed by atoms with Crippen LogP contribution in [0.5, 0.6) is 5.75 Å². The molecule has 0 spiro atoms. The van der Waals surface area contributed by atoms with Crippen LogP contribution in [-0.2, 0) is 10.3 Å². The molecule has 1 rings (SSSR count). The van der Waals surface area contributed by atoms with E-state index >= 15 is 0 Å². The first kappa shape index (κ1) is 16.8. The van der Waals surface area contributed by atoms with Crippen molar-refractivity contribution >= 4 is 0 Å². The molecule has 20 heavy (non-hydrogen) atoms. The van der Waals surface area contributed by atoms with E-state index < -0.39 is 18.2 Å². The topological polar surface area (TPSA) is 18.5 Å². The van der Waals surface area contributed by atoms with E-state index in [1.54, 1.807) is 24.3 Å². The highest BCUT2D eigenvalue weighted by Gasteiger charge is 2.40. The van der Waals surface area contributed by atoms with E-state index in [1.165, 1.54) is 14.0 Å². The van der Waals surface area contributed by atoms with Crippen molar-refractivity contribution in [2.45, 2.75) is 39.0 Å². The molecule has 2 nitrogen and oxygen atoms in total. The highest BCUT2D eigenvalue weighted by Crippen LogP contribution is 2.37. The summed E-state index contributed by atoms with van der Waals surface area (Å²) in [4.78, 5) is 0. The molecular weight excluding hydrogens is 269 g/mol. The average molecular weight is 290 g/mol. The van der Waals surface area contributed by atoms with Gasteiger partial charge < -0.3 is 9.47 Å². The van der Waals surface area contributed by atoms with Crippen molar-refractivity contribution in [2.75, 3.05) is 13.7 Å². The Kier molecular flexibility index (Phi) is 5.45. The van der Waals surface area contributed by atoms with E-state index in [4.69, 9.17) is 9.47 Å². The summed E-state index contributed by atoms with van der Waals surface area (Å²) in [6.45, 7) is 6.06. The molecule has 0 bridgehead atoms. The molecule has 1 atom stereocenters. The minimum Gasteiger partial charge on any atom is -0.493 e. The molecule has 1 aromatic rings. The number of hydrogen-bond donors (Lipinski definition) is 0. The first-order valence-corrected chi connectivity index (χ1v) is 6.51. The molecule has 1 aromatic carbocycles. The second-order valence-corrected chi connectivity index (χ2v) is 5.46. The summed E-state index contributed by atoms with van der Waals surface area (Å²) in [5.41, 5.74) is -0.899. The van der Waals surface area contributed by atoms with Crippen molar-refractivity contribution < 1.29 is 22.6 Å². The minimum atomic E-state index is -4.28. The number of benzene rings is 1. The first-order valence-electron chi connectivity index (χ1n) is 6.51. The molecular formula is C15H21F3O2. The molecule has 5 heteroatoms. The van der Waals surface area contributed by atoms with Gasteiger partial charge in [-0.2, -0.15) is 13.2 Å². The fourth-order valence-electron chi connectivity index (χ4n) is 1.84. The smallest absolute Gasteiger partial charge is 0.392 e. The molecule has 0 saturated heterocycles. The Balaban J connectivity index is 2.84. The predicted octanol–water partition coefficient (Wildman–Crippen LogP) is 4.54. The maximum absolute atomic E-state index is 12.6. The van der Waals surface area contributed by atoms with Crippen LogP contribution < -0.4 is 4.74 Å². The maximum atomic E-state index is 12.6. The summed E-state index contributed by atoms with van der Waals surface area (Å²) in [6, 6.07) is 6.58. The van der Waals surface area contributed by atoms with Crippen LogP contribution >= 0.6 is 0 Å². The van der Waals surface area contributed by atoms with E-state index in [2.05, 4.69) is 0 Å². The quantitative estimate of drug-likeness (QED) is 0.766. The normalized spacial score (nSPS) is 15.2. The number of hydrogen-bond acceptors (Lipinski definition) is 2. The molecule has 0 aliphatic carbocycles. The minimum absolute atomic E-state index is 0.393. The van der Waals surface area contributed by atoms with Crippen molar-refractivity contribution in [3.63, 3.8) is 0 Å². The largest absolute Gasteiger partial charge is 0.493 e. The van der Waals surface area contributed by atoms with Crippen LogP contribution in [0.25, 0.3) is 0 Å². The Morgan fingerprint density at radius 2 is 1.65 bits per heavy atom. The number of rotatable bonds is 6. The molecule has 0 aliphatic rings. The van der Waals surface area contributed by atoms with Crippen LogP contribution in [0.2, 0.25) is 0 Å². The van der Waals surface area contributed by atoms with Gasteiger partial charge >= 0.3 is 6.18 Å². The fourth-order valence-corrected chi connectivity index (χ4v) is 1.84. The monoisotopic (exact) mass is 290 g/mol. The van der Waals surface area contributed by atoms with Gasteiger partial charge in [0.25, 0.3) is 0 Å². The second kappa shape index (κ2) is 6.48. The molecule has 0 aromatic heterocycles. The summed E-state index contributed by atoms with van der Waals surface area (Å²) in [7, 11) is 1.29. The molecule has 114 valence electrons. The summed E-state index contributed by atoms with van der Waals surface area (Å²) in [5, 5.41) is 0. The van der Waals surface area contributed by atoms with Gasteiger partial charge in [-0.15, -0.1) is 0 Å². The summed E-state index contributed by atoms with van der Waals surface area (Å²) < 4.78 is 48.4. The van der Waals surface area contributed by atoms with Crippen LogP contribution in [0.15, 0.2) is 24.3 Å². The molecule has 0 heterocycles. The Hall–Kier alpha value is -1.23. The van der Waals surface area contributed by atoms with Gasteiger partial charge in [-0.25, -0.2) is 0 Å². The van der Waals surface area contributed by atoms with Gasteiger partial charge in [0.2, 0.25) is 0 Å². The average Bonchev–Trinajstić information content (AvgIpc) is 2.35. The SMILES string of the molecule is COC(C)(CC(F)(F)F)c1ccc(OCC(C)C)cc1. The molecule has 0 N–H and O–H groups in total. The molecule has 0 amide bonds. The zero-order chi connectivity index (χ0) is 15.4. The lowest BCUT2D eigenvalue weighted by molar-refractivity contribution is -0.181. The lowest BCUT2D eigenvalue weighted by atomic mass is 9.92. The second-order valence-electron chi connectivity index (χ2n) is 5.46. The lowest BCUT2D eigenvalue weighted by Crippen LogP contribution is -2.31. The van der Waals surface area contributed by atoms with Crippen molar-refractivity contribution in [3.8, 4) is 5.75 Å². The van der Waals surface area contributed by atoms with E-state index in [0.717, 1.165) is 0 Å². The van der Waals surface area contributed by atoms with Crippen molar-refractivity contribution in [1.82, 2.24) is 0 Å².